The summed E-state index contributed by atoms with van der Waals surface area (Å²) in [5.41, 5.74) is 0.903. The highest BCUT2D eigenvalue weighted by molar-refractivity contribution is 6.33. The number of anilines is 1. The molecule has 17 heavy (non-hydrogen) atoms. The van der Waals surface area contributed by atoms with Crippen LogP contribution in [0.25, 0.3) is 0 Å². The number of methoxy groups -OCH3 is 1. The summed E-state index contributed by atoms with van der Waals surface area (Å²) in [7, 11) is 3.55. The molecule has 1 aromatic rings. The third-order valence-corrected chi connectivity index (χ3v) is 3.29. The van der Waals surface area contributed by atoms with Crippen LogP contribution in [0.1, 0.15) is 13.8 Å². The molecule has 0 bridgehead atoms. The Labute approximate surface area is 108 Å². The highest BCUT2D eigenvalue weighted by atomic mass is 35.5. The molecule has 0 aliphatic carbocycles. The second-order valence-corrected chi connectivity index (χ2v) is 4.83. The second kappa shape index (κ2) is 6.12. The van der Waals surface area contributed by atoms with Crippen molar-refractivity contribution in [3.63, 3.8) is 0 Å². The summed E-state index contributed by atoms with van der Waals surface area (Å²) in [4.78, 5) is 2.01. The lowest BCUT2D eigenvalue weighted by molar-refractivity contribution is 0.234. The first-order valence-corrected chi connectivity index (χ1v) is 6.06. The fraction of sp³-hybridized carbons (Fsp3) is 0.538. The van der Waals surface area contributed by atoms with Gasteiger partial charge in [0.25, 0.3) is 0 Å². The van der Waals surface area contributed by atoms with E-state index < -0.39 is 0 Å². The maximum atomic E-state index is 9.41. The van der Waals surface area contributed by atoms with Gasteiger partial charge in [0.05, 0.1) is 30.5 Å². The van der Waals surface area contributed by atoms with Gasteiger partial charge in [0, 0.05) is 13.1 Å². The van der Waals surface area contributed by atoms with Crippen molar-refractivity contribution in [1.82, 2.24) is 0 Å². The fourth-order valence-electron chi connectivity index (χ4n) is 1.86. The minimum atomic E-state index is 0.0564. The van der Waals surface area contributed by atoms with E-state index in [9.17, 15) is 5.11 Å². The van der Waals surface area contributed by atoms with Gasteiger partial charge in [0.15, 0.2) is 0 Å². The molecule has 0 aromatic heterocycles. The Morgan fingerprint density at radius 3 is 2.47 bits per heavy atom. The van der Waals surface area contributed by atoms with Gasteiger partial charge in [-0.3, -0.25) is 0 Å². The zero-order valence-electron chi connectivity index (χ0n) is 10.8. The van der Waals surface area contributed by atoms with Crippen LogP contribution in [0.4, 0.5) is 5.69 Å². The Bertz CT molecular complexity index is 368. The molecule has 0 radical (unpaired) electrons. The quantitative estimate of drug-likeness (QED) is 0.881. The van der Waals surface area contributed by atoms with Crippen LogP contribution >= 0.6 is 11.6 Å². The zero-order chi connectivity index (χ0) is 13.0. The molecule has 0 aliphatic heterocycles. The third kappa shape index (κ3) is 3.27. The van der Waals surface area contributed by atoms with E-state index in [0.717, 1.165) is 11.4 Å². The van der Waals surface area contributed by atoms with E-state index in [-0.39, 0.29) is 12.6 Å². The van der Waals surface area contributed by atoms with E-state index in [1.807, 2.05) is 24.1 Å². The van der Waals surface area contributed by atoms with Crippen LogP contribution < -0.4 is 9.64 Å². The lowest BCUT2D eigenvalue weighted by Gasteiger charge is -2.32. The van der Waals surface area contributed by atoms with Gasteiger partial charge < -0.3 is 14.7 Å². The molecule has 1 atom stereocenters. The minimum absolute atomic E-state index is 0.0564. The van der Waals surface area contributed by atoms with Crippen molar-refractivity contribution in [2.45, 2.75) is 19.9 Å². The van der Waals surface area contributed by atoms with Gasteiger partial charge >= 0.3 is 0 Å². The molecule has 96 valence electrons. The molecular weight excluding hydrogens is 238 g/mol. The first kappa shape index (κ1) is 14.1. The van der Waals surface area contributed by atoms with Gasteiger partial charge in [-0.1, -0.05) is 25.4 Å². The van der Waals surface area contributed by atoms with Crippen LogP contribution in [-0.4, -0.2) is 31.9 Å². The number of ether oxygens (including phenoxy) is 1. The average molecular weight is 258 g/mol. The van der Waals surface area contributed by atoms with E-state index >= 15 is 0 Å². The lowest BCUT2D eigenvalue weighted by atomic mass is 10.0. The number of rotatable bonds is 5. The molecule has 0 saturated heterocycles. The van der Waals surface area contributed by atoms with Crippen LogP contribution in [0.3, 0.4) is 0 Å². The molecule has 3 nitrogen and oxygen atoms in total. The van der Waals surface area contributed by atoms with Crippen molar-refractivity contribution in [2.75, 3.05) is 25.7 Å². The molecule has 0 aliphatic rings. The number of aliphatic hydroxyl groups is 1. The van der Waals surface area contributed by atoms with Crippen molar-refractivity contribution in [3.8, 4) is 5.75 Å². The highest BCUT2D eigenvalue weighted by Gasteiger charge is 2.19. The standard InChI is InChI=1S/C13H20ClNO2/c1-9(2)13(8-16)15(3)12-6-5-10(17-4)7-11(12)14/h5-7,9,13,16H,8H2,1-4H3. The number of hydrogen-bond donors (Lipinski definition) is 1. The number of halogens is 1. The van der Waals surface area contributed by atoms with Crippen molar-refractivity contribution in [1.29, 1.82) is 0 Å². The second-order valence-electron chi connectivity index (χ2n) is 4.42. The van der Waals surface area contributed by atoms with E-state index in [1.54, 1.807) is 13.2 Å². The van der Waals surface area contributed by atoms with Gasteiger partial charge in [0.2, 0.25) is 0 Å². The van der Waals surface area contributed by atoms with Crippen LogP contribution in [0.5, 0.6) is 5.75 Å². The van der Waals surface area contributed by atoms with Crippen molar-refractivity contribution in [3.05, 3.63) is 23.2 Å². The molecule has 0 heterocycles. The Kier molecular flexibility index (Phi) is 5.09. The Balaban J connectivity index is 2.99. The molecule has 0 saturated carbocycles. The average Bonchev–Trinajstić information content (AvgIpc) is 2.28. The monoisotopic (exact) mass is 257 g/mol. The Morgan fingerprint density at radius 2 is 2.06 bits per heavy atom. The summed E-state index contributed by atoms with van der Waals surface area (Å²) in [6.07, 6.45) is 0. The predicted octanol–water partition coefficient (Wildman–Crippen LogP) is 2.80. The minimum Gasteiger partial charge on any atom is -0.497 e. The molecule has 1 unspecified atom stereocenters. The van der Waals surface area contributed by atoms with Crippen LogP contribution in [0, 0.1) is 5.92 Å². The summed E-state index contributed by atoms with van der Waals surface area (Å²) in [5, 5.41) is 10.0. The SMILES string of the molecule is COc1ccc(N(C)C(CO)C(C)C)c(Cl)c1. The maximum Gasteiger partial charge on any atom is 0.120 e. The summed E-state index contributed by atoms with van der Waals surface area (Å²) >= 11 is 6.21. The largest absolute Gasteiger partial charge is 0.497 e. The van der Waals surface area contributed by atoms with Crippen molar-refractivity contribution in [2.24, 2.45) is 5.92 Å². The first-order chi connectivity index (χ1) is 8.01. The normalized spacial score (nSPS) is 12.6. The molecule has 1 N–H and O–H groups in total. The van der Waals surface area contributed by atoms with Gasteiger partial charge in [0.1, 0.15) is 5.75 Å². The summed E-state index contributed by atoms with van der Waals surface area (Å²) in [6.45, 7) is 4.26. The van der Waals surface area contributed by atoms with E-state index in [2.05, 4.69) is 13.8 Å². The van der Waals surface area contributed by atoms with E-state index in [0.29, 0.717) is 10.9 Å². The molecule has 0 spiro atoms. The smallest absolute Gasteiger partial charge is 0.120 e. The maximum absolute atomic E-state index is 9.41. The molecular formula is C13H20ClNO2. The van der Waals surface area contributed by atoms with Crippen molar-refractivity contribution < 1.29 is 9.84 Å². The number of hydrogen-bond acceptors (Lipinski definition) is 3. The van der Waals surface area contributed by atoms with E-state index in [4.69, 9.17) is 16.3 Å². The number of benzene rings is 1. The lowest BCUT2D eigenvalue weighted by Crippen LogP contribution is -2.39. The van der Waals surface area contributed by atoms with Gasteiger partial charge in [-0.15, -0.1) is 0 Å². The zero-order valence-corrected chi connectivity index (χ0v) is 11.5. The van der Waals surface area contributed by atoms with Crippen LogP contribution in [0.15, 0.2) is 18.2 Å². The summed E-state index contributed by atoms with van der Waals surface area (Å²) in [6, 6.07) is 5.61. The van der Waals surface area contributed by atoms with Gasteiger partial charge in [-0.05, 0) is 18.1 Å². The summed E-state index contributed by atoms with van der Waals surface area (Å²) < 4.78 is 5.11. The first-order valence-electron chi connectivity index (χ1n) is 5.68. The summed E-state index contributed by atoms with van der Waals surface area (Å²) in [5.74, 6) is 1.08. The number of aliphatic hydroxyl groups excluding tert-OH is 1. The molecule has 1 rings (SSSR count). The van der Waals surface area contributed by atoms with Crippen molar-refractivity contribution >= 4 is 17.3 Å². The van der Waals surface area contributed by atoms with Crippen LogP contribution in [0.2, 0.25) is 5.02 Å². The van der Waals surface area contributed by atoms with E-state index in [1.165, 1.54) is 0 Å². The predicted molar refractivity (Wildman–Crippen MR) is 72.1 cm³/mol. The molecule has 4 heteroatoms. The topological polar surface area (TPSA) is 32.7 Å². The van der Waals surface area contributed by atoms with Crippen LogP contribution in [-0.2, 0) is 0 Å². The van der Waals surface area contributed by atoms with Gasteiger partial charge in [-0.2, -0.15) is 0 Å². The van der Waals surface area contributed by atoms with Gasteiger partial charge in [-0.25, -0.2) is 0 Å². The molecule has 1 aromatic carbocycles. The molecule has 0 amide bonds. The number of likely N-dealkylation sites (N-methyl/N-ethyl adjacent to an activating group) is 1. The fourth-order valence-corrected chi connectivity index (χ4v) is 2.16. The third-order valence-electron chi connectivity index (χ3n) is 2.99. The number of nitrogens with zero attached hydrogens (tertiary/aromatic N) is 1. The highest BCUT2D eigenvalue weighted by Crippen LogP contribution is 2.31. The Morgan fingerprint density at radius 1 is 1.41 bits per heavy atom. The Hall–Kier alpha value is -0.930. The molecule has 0 fully saturated rings.